The topological polar surface area (TPSA) is 146 Å². The molecule has 11 heteroatoms. The van der Waals surface area contributed by atoms with Crippen LogP contribution in [0.15, 0.2) is 48.8 Å². The first-order valence-electron chi connectivity index (χ1n) is 10.6. The number of nitrogens with zero attached hydrogens (tertiary/aromatic N) is 1. The average Bonchev–Trinajstić information content (AvgIpc) is 3.24. The highest BCUT2D eigenvalue weighted by Crippen LogP contribution is 2.17. The van der Waals surface area contributed by atoms with Crippen LogP contribution in [0, 0.1) is 11.7 Å². The number of aromatic nitrogens is 1. The molecule has 0 radical (unpaired) electrons. The predicted octanol–water partition coefficient (Wildman–Crippen LogP) is -0.153. The molecule has 1 aromatic heterocycles. The number of halogens is 1. The van der Waals surface area contributed by atoms with Crippen LogP contribution in [0.25, 0.3) is 0 Å². The van der Waals surface area contributed by atoms with Crippen molar-refractivity contribution >= 4 is 29.4 Å². The van der Waals surface area contributed by atoms with Crippen molar-refractivity contribution in [2.75, 3.05) is 13.1 Å². The van der Waals surface area contributed by atoms with E-state index < -0.39 is 47.8 Å². The third-order valence-corrected chi connectivity index (χ3v) is 5.23. The van der Waals surface area contributed by atoms with Crippen molar-refractivity contribution in [3.8, 4) is 0 Å². The van der Waals surface area contributed by atoms with Gasteiger partial charge in [0.1, 0.15) is 5.82 Å². The standard InChI is InChI=1S/C23H24FN5O5/c24-17-8-16(11-25-12-17)22(33)28-13-19(30)29-18(9-15-6-7-26-21(15)32)20(31)23(34)27-10-14-4-2-1-3-5-14/h1-5,8,11-12,15,18H,6-7,9-10,13H2,(H,26,32)(H,27,34)(H,28,33)(H,29,30). The number of amides is 4. The smallest absolute Gasteiger partial charge is 0.289 e. The molecule has 10 nitrogen and oxygen atoms in total. The van der Waals surface area contributed by atoms with E-state index in [0.29, 0.717) is 13.0 Å². The molecule has 3 rings (SSSR count). The second-order valence-electron chi connectivity index (χ2n) is 7.74. The molecule has 0 aliphatic carbocycles. The molecule has 1 aliphatic heterocycles. The molecule has 0 spiro atoms. The maximum atomic E-state index is 13.2. The molecule has 2 aromatic rings. The fourth-order valence-corrected chi connectivity index (χ4v) is 3.45. The summed E-state index contributed by atoms with van der Waals surface area (Å²) < 4.78 is 13.2. The summed E-state index contributed by atoms with van der Waals surface area (Å²) in [7, 11) is 0. The molecule has 34 heavy (non-hydrogen) atoms. The summed E-state index contributed by atoms with van der Waals surface area (Å²) in [4.78, 5) is 65.3. The molecule has 2 unspecified atom stereocenters. The van der Waals surface area contributed by atoms with Gasteiger partial charge in [-0.3, -0.25) is 29.0 Å². The van der Waals surface area contributed by atoms with Crippen molar-refractivity contribution in [2.45, 2.75) is 25.4 Å². The van der Waals surface area contributed by atoms with Gasteiger partial charge in [0.15, 0.2) is 0 Å². The minimum atomic E-state index is -1.26. The van der Waals surface area contributed by atoms with Crippen molar-refractivity contribution in [2.24, 2.45) is 5.92 Å². The summed E-state index contributed by atoms with van der Waals surface area (Å²) in [6, 6.07) is 8.66. The highest BCUT2D eigenvalue weighted by molar-refractivity contribution is 6.38. The lowest BCUT2D eigenvalue weighted by molar-refractivity contribution is -0.140. The van der Waals surface area contributed by atoms with Gasteiger partial charge in [0.2, 0.25) is 17.6 Å². The molecule has 0 bridgehead atoms. The Morgan fingerprint density at radius 1 is 1.12 bits per heavy atom. The van der Waals surface area contributed by atoms with Gasteiger partial charge in [0.25, 0.3) is 11.8 Å². The second-order valence-corrected chi connectivity index (χ2v) is 7.74. The summed E-state index contributed by atoms with van der Waals surface area (Å²) in [5.74, 6) is -4.79. The number of pyridine rings is 1. The number of hydrogen-bond donors (Lipinski definition) is 4. The lowest BCUT2D eigenvalue weighted by Crippen LogP contribution is -2.50. The van der Waals surface area contributed by atoms with E-state index in [1.807, 2.05) is 6.07 Å². The van der Waals surface area contributed by atoms with Crippen molar-refractivity contribution in [3.63, 3.8) is 0 Å². The summed E-state index contributed by atoms with van der Waals surface area (Å²) >= 11 is 0. The van der Waals surface area contributed by atoms with Gasteiger partial charge in [-0.25, -0.2) is 4.39 Å². The Morgan fingerprint density at radius 2 is 1.88 bits per heavy atom. The first kappa shape index (κ1) is 24.5. The number of benzene rings is 1. The lowest BCUT2D eigenvalue weighted by Gasteiger charge is -2.20. The molecule has 2 atom stereocenters. The molecule has 2 heterocycles. The minimum absolute atomic E-state index is 0.0586. The van der Waals surface area contributed by atoms with Crippen LogP contribution >= 0.6 is 0 Å². The Kier molecular flexibility index (Phi) is 8.38. The van der Waals surface area contributed by atoms with E-state index in [2.05, 4.69) is 26.3 Å². The molecule has 4 amide bonds. The van der Waals surface area contributed by atoms with E-state index in [4.69, 9.17) is 0 Å². The zero-order valence-corrected chi connectivity index (χ0v) is 18.2. The first-order chi connectivity index (χ1) is 16.3. The van der Waals surface area contributed by atoms with Crippen molar-refractivity contribution in [1.29, 1.82) is 0 Å². The lowest BCUT2D eigenvalue weighted by atomic mass is 9.95. The third-order valence-electron chi connectivity index (χ3n) is 5.23. The highest BCUT2D eigenvalue weighted by atomic mass is 19.1. The maximum absolute atomic E-state index is 13.2. The van der Waals surface area contributed by atoms with Crippen molar-refractivity contribution in [1.82, 2.24) is 26.3 Å². The van der Waals surface area contributed by atoms with Gasteiger partial charge in [-0.15, -0.1) is 0 Å². The number of carbonyl (C=O) groups excluding carboxylic acids is 5. The summed E-state index contributed by atoms with van der Waals surface area (Å²) in [5, 5.41) is 9.89. The number of nitrogens with one attached hydrogen (secondary N) is 4. The zero-order chi connectivity index (χ0) is 24.5. The Hall–Kier alpha value is -4.15. The zero-order valence-electron chi connectivity index (χ0n) is 18.2. The van der Waals surface area contributed by atoms with Crippen LogP contribution in [0.4, 0.5) is 4.39 Å². The molecule has 1 saturated heterocycles. The van der Waals surface area contributed by atoms with Gasteiger partial charge in [-0.1, -0.05) is 30.3 Å². The molecular weight excluding hydrogens is 445 g/mol. The second kappa shape index (κ2) is 11.6. The number of hydrogen-bond acceptors (Lipinski definition) is 6. The van der Waals surface area contributed by atoms with E-state index in [9.17, 15) is 28.4 Å². The summed E-state index contributed by atoms with van der Waals surface area (Å²) in [6.45, 7) is 0.0334. The van der Waals surface area contributed by atoms with Gasteiger partial charge in [-0.05, 0) is 24.5 Å². The highest BCUT2D eigenvalue weighted by Gasteiger charge is 2.34. The van der Waals surface area contributed by atoms with Crippen LogP contribution in [0.1, 0.15) is 28.8 Å². The normalized spacial score (nSPS) is 15.7. The summed E-state index contributed by atoms with van der Waals surface area (Å²) in [6.07, 6.45) is 2.48. The molecule has 1 aliphatic rings. The number of Topliss-reactive ketones (excluding diaryl/α,β-unsaturated/α-hetero) is 1. The van der Waals surface area contributed by atoms with Gasteiger partial charge >= 0.3 is 0 Å². The average molecular weight is 469 g/mol. The SMILES string of the molecule is O=C(CNC(=O)c1cncc(F)c1)NC(CC1CCNC1=O)C(=O)C(=O)NCc1ccccc1. The van der Waals surface area contributed by atoms with Crippen molar-refractivity contribution in [3.05, 3.63) is 65.7 Å². The predicted molar refractivity (Wildman–Crippen MR) is 117 cm³/mol. The van der Waals surface area contributed by atoms with Crippen LogP contribution < -0.4 is 21.3 Å². The maximum Gasteiger partial charge on any atom is 0.289 e. The minimum Gasteiger partial charge on any atom is -0.356 e. The largest absolute Gasteiger partial charge is 0.356 e. The van der Waals surface area contributed by atoms with Crippen LogP contribution in [-0.2, 0) is 25.7 Å². The Balaban J connectivity index is 1.60. The molecule has 178 valence electrons. The summed E-state index contributed by atoms with van der Waals surface area (Å²) in [5.41, 5.74) is 0.706. The van der Waals surface area contributed by atoms with Gasteiger partial charge in [0.05, 0.1) is 24.3 Å². The Morgan fingerprint density at radius 3 is 2.56 bits per heavy atom. The first-order valence-corrected chi connectivity index (χ1v) is 10.6. The molecular formula is C23H24FN5O5. The quantitative estimate of drug-likeness (QED) is 0.356. The number of carbonyl (C=O) groups is 5. The number of ketones is 1. The van der Waals surface area contributed by atoms with Crippen LogP contribution in [-0.4, -0.2) is 53.5 Å². The van der Waals surface area contributed by atoms with Crippen LogP contribution in [0.5, 0.6) is 0 Å². The molecule has 0 saturated carbocycles. The van der Waals surface area contributed by atoms with Gasteiger partial charge < -0.3 is 21.3 Å². The Bertz CT molecular complexity index is 1080. The fourth-order valence-electron chi connectivity index (χ4n) is 3.45. The van der Waals surface area contributed by atoms with E-state index in [1.165, 1.54) is 0 Å². The monoisotopic (exact) mass is 469 g/mol. The molecule has 1 aromatic carbocycles. The number of rotatable bonds is 10. The van der Waals surface area contributed by atoms with Crippen LogP contribution in [0.3, 0.4) is 0 Å². The van der Waals surface area contributed by atoms with Crippen molar-refractivity contribution < 1.29 is 28.4 Å². The van der Waals surface area contributed by atoms with E-state index in [-0.39, 0.29) is 24.4 Å². The van der Waals surface area contributed by atoms with E-state index in [1.54, 1.807) is 24.3 Å². The van der Waals surface area contributed by atoms with Gasteiger partial charge in [-0.2, -0.15) is 0 Å². The van der Waals surface area contributed by atoms with Gasteiger partial charge in [0, 0.05) is 25.2 Å². The van der Waals surface area contributed by atoms with E-state index in [0.717, 1.165) is 24.0 Å². The Labute approximate surface area is 194 Å². The third kappa shape index (κ3) is 6.92. The molecule has 1 fully saturated rings. The van der Waals surface area contributed by atoms with E-state index >= 15 is 0 Å². The fraction of sp³-hybridized carbons (Fsp3) is 0.304. The molecule has 4 N–H and O–H groups in total. The van der Waals surface area contributed by atoms with Crippen LogP contribution in [0.2, 0.25) is 0 Å².